The maximum atomic E-state index is 11.9. The van der Waals surface area contributed by atoms with Crippen molar-refractivity contribution < 1.29 is 4.79 Å². The van der Waals surface area contributed by atoms with Crippen molar-refractivity contribution in [1.29, 1.82) is 0 Å². The molecule has 3 nitrogen and oxygen atoms in total. The van der Waals surface area contributed by atoms with Gasteiger partial charge in [0.15, 0.2) is 0 Å². The topological polar surface area (TPSA) is 41.1 Å². The average Bonchev–Trinajstić information content (AvgIpc) is 2.82. The maximum absolute atomic E-state index is 11.9. The van der Waals surface area contributed by atoms with Crippen LogP contribution in [0.15, 0.2) is 24.3 Å². The minimum absolute atomic E-state index is 0. The molecule has 0 saturated carbocycles. The smallest absolute Gasteiger partial charge is 0.237 e. The highest BCUT2D eigenvalue weighted by Gasteiger charge is 2.23. The van der Waals surface area contributed by atoms with Gasteiger partial charge in [-0.3, -0.25) is 4.79 Å². The maximum Gasteiger partial charge on any atom is 0.237 e. The number of hydrogen-bond acceptors (Lipinski definition) is 2. The van der Waals surface area contributed by atoms with Gasteiger partial charge in [-0.25, -0.2) is 0 Å². The van der Waals surface area contributed by atoms with E-state index in [-0.39, 0.29) is 30.4 Å². The van der Waals surface area contributed by atoms with E-state index in [0.29, 0.717) is 5.02 Å². The van der Waals surface area contributed by atoms with Crippen LogP contribution in [-0.2, 0) is 4.79 Å². The van der Waals surface area contributed by atoms with Crippen molar-refractivity contribution in [3.8, 4) is 0 Å². The fraction of sp³-hybridized carbons (Fsp3) is 0.462. The minimum atomic E-state index is -0.0309. The minimum Gasteiger partial charge on any atom is -0.348 e. The molecule has 0 radical (unpaired) electrons. The standard InChI is InChI=1S/C13H17ClN2O.ClH/c1-9(10-4-2-5-11(14)8-10)16-13(17)12-6-3-7-15-12;/h2,4-5,8-9,12,15H,3,6-7H2,1H3,(H,16,17);1H/t9-,12?;/m1./s1. The molecule has 1 saturated heterocycles. The molecule has 1 heterocycles. The van der Waals surface area contributed by atoms with Gasteiger partial charge in [0.05, 0.1) is 12.1 Å². The summed E-state index contributed by atoms with van der Waals surface area (Å²) < 4.78 is 0. The molecule has 5 heteroatoms. The number of halogens is 2. The Kier molecular flexibility index (Phi) is 5.93. The molecule has 1 aromatic rings. The van der Waals surface area contributed by atoms with E-state index in [4.69, 9.17) is 11.6 Å². The third kappa shape index (κ3) is 3.87. The SMILES string of the molecule is C[C@@H](NC(=O)C1CCCN1)c1cccc(Cl)c1.Cl. The van der Waals surface area contributed by atoms with Crippen molar-refractivity contribution in [2.75, 3.05) is 6.54 Å². The molecular weight excluding hydrogens is 271 g/mol. The number of benzene rings is 1. The van der Waals surface area contributed by atoms with Crippen LogP contribution in [0.3, 0.4) is 0 Å². The van der Waals surface area contributed by atoms with Crippen molar-refractivity contribution in [1.82, 2.24) is 10.6 Å². The van der Waals surface area contributed by atoms with E-state index in [1.165, 1.54) is 0 Å². The van der Waals surface area contributed by atoms with Crippen LogP contribution in [-0.4, -0.2) is 18.5 Å². The molecule has 100 valence electrons. The highest BCUT2D eigenvalue weighted by molar-refractivity contribution is 6.30. The summed E-state index contributed by atoms with van der Waals surface area (Å²) in [5, 5.41) is 6.89. The third-order valence-corrected chi connectivity index (χ3v) is 3.32. The fourth-order valence-corrected chi connectivity index (χ4v) is 2.28. The second-order valence-electron chi connectivity index (χ2n) is 4.43. The van der Waals surface area contributed by atoms with E-state index in [2.05, 4.69) is 10.6 Å². The van der Waals surface area contributed by atoms with Crippen LogP contribution >= 0.6 is 24.0 Å². The van der Waals surface area contributed by atoms with E-state index < -0.39 is 0 Å². The molecule has 0 bridgehead atoms. The van der Waals surface area contributed by atoms with Gasteiger partial charge >= 0.3 is 0 Å². The summed E-state index contributed by atoms with van der Waals surface area (Å²) in [6.07, 6.45) is 2.00. The van der Waals surface area contributed by atoms with Crippen LogP contribution in [0.1, 0.15) is 31.4 Å². The highest BCUT2D eigenvalue weighted by atomic mass is 35.5. The van der Waals surface area contributed by atoms with Crippen molar-refractivity contribution in [3.63, 3.8) is 0 Å². The van der Waals surface area contributed by atoms with Crippen molar-refractivity contribution in [3.05, 3.63) is 34.9 Å². The first-order valence-corrected chi connectivity index (χ1v) is 6.34. The number of amides is 1. The quantitative estimate of drug-likeness (QED) is 0.898. The van der Waals surface area contributed by atoms with Crippen LogP contribution in [0.2, 0.25) is 5.02 Å². The first kappa shape index (κ1) is 15.3. The zero-order valence-electron chi connectivity index (χ0n) is 10.3. The van der Waals surface area contributed by atoms with Crippen LogP contribution in [0, 0.1) is 0 Å². The van der Waals surface area contributed by atoms with Crippen molar-refractivity contribution in [2.45, 2.75) is 31.8 Å². The molecule has 1 fully saturated rings. The van der Waals surface area contributed by atoms with E-state index in [1.807, 2.05) is 31.2 Å². The van der Waals surface area contributed by atoms with Gasteiger partial charge in [0, 0.05) is 5.02 Å². The molecule has 0 aliphatic carbocycles. The summed E-state index contributed by atoms with van der Waals surface area (Å²) in [7, 11) is 0. The van der Waals surface area contributed by atoms with Gasteiger partial charge in [0.25, 0.3) is 0 Å². The molecule has 1 aliphatic heterocycles. The predicted octanol–water partition coefficient (Wildman–Crippen LogP) is 2.69. The summed E-state index contributed by atoms with van der Waals surface area (Å²) in [4.78, 5) is 11.9. The lowest BCUT2D eigenvalue weighted by Gasteiger charge is -2.17. The van der Waals surface area contributed by atoms with Crippen molar-refractivity contribution in [2.24, 2.45) is 0 Å². The van der Waals surface area contributed by atoms with Crippen LogP contribution < -0.4 is 10.6 Å². The lowest BCUT2D eigenvalue weighted by Crippen LogP contribution is -2.41. The van der Waals surface area contributed by atoms with Crippen LogP contribution in [0.5, 0.6) is 0 Å². The van der Waals surface area contributed by atoms with Gasteiger partial charge < -0.3 is 10.6 Å². The molecule has 1 aromatic carbocycles. The Morgan fingerprint density at radius 2 is 2.33 bits per heavy atom. The highest BCUT2D eigenvalue weighted by Crippen LogP contribution is 2.17. The van der Waals surface area contributed by atoms with Gasteiger partial charge in [-0.05, 0) is 44.0 Å². The van der Waals surface area contributed by atoms with Crippen LogP contribution in [0.4, 0.5) is 0 Å². The summed E-state index contributed by atoms with van der Waals surface area (Å²) in [6.45, 7) is 2.90. The first-order chi connectivity index (χ1) is 8.16. The summed E-state index contributed by atoms with van der Waals surface area (Å²) in [6, 6.07) is 7.54. The Morgan fingerprint density at radius 1 is 1.56 bits per heavy atom. The molecule has 18 heavy (non-hydrogen) atoms. The molecule has 2 rings (SSSR count). The molecule has 1 aliphatic rings. The largest absolute Gasteiger partial charge is 0.348 e. The van der Waals surface area contributed by atoms with Gasteiger partial charge in [0.2, 0.25) is 5.91 Å². The molecule has 1 unspecified atom stereocenters. The molecule has 0 spiro atoms. The number of nitrogens with one attached hydrogen (secondary N) is 2. The number of carbonyl (C=O) groups excluding carboxylic acids is 1. The van der Waals surface area contributed by atoms with Gasteiger partial charge in [-0.2, -0.15) is 0 Å². The third-order valence-electron chi connectivity index (χ3n) is 3.08. The summed E-state index contributed by atoms with van der Waals surface area (Å²) >= 11 is 5.93. The number of carbonyl (C=O) groups is 1. The Hall–Kier alpha value is -0.770. The second-order valence-corrected chi connectivity index (χ2v) is 4.87. The summed E-state index contributed by atoms with van der Waals surface area (Å²) in [5.41, 5.74) is 1.03. The predicted molar refractivity (Wildman–Crippen MR) is 76.3 cm³/mol. The Bertz CT molecular complexity index is 406. The van der Waals surface area contributed by atoms with E-state index in [1.54, 1.807) is 0 Å². The normalized spacial score (nSPS) is 20.0. The zero-order valence-corrected chi connectivity index (χ0v) is 11.9. The number of hydrogen-bond donors (Lipinski definition) is 2. The molecule has 0 aromatic heterocycles. The van der Waals surface area contributed by atoms with E-state index in [0.717, 1.165) is 24.9 Å². The summed E-state index contributed by atoms with van der Waals surface area (Å²) in [5.74, 6) is 0.0787. The average molecular weight is 289 g/mol. The molecule has 2 N–H and O–H groups in total. The van der Waals surface area contributed by atoms with Crippen molar-refractivity contribution >= 4 is 29.9 Å². The Labute approximate surface area is 119 Å². The van der Waals surface area contributed by atoms with E-state index >= 15 is 0 Å². The second kappa shape index (κ2) is 6.98. The molecule has 2 atom stereocenters. The Balaban J connectivity index is 0.00000162. The zero-order chi connectivity index (χ0) is 12.3. The van der Waals surface area contributed by atoms with Gasteiger partial charge in [-0.1, -0.05) is 23.7 Å². The number of rotatable bonds is 3. The Morgan fingerprint density at radius 3 is 2.94 bits per heavy atom. The fourth-order valence-electron chi connectivity index (χ4n) is 2.08. The monoisotopic (exact) mass is 288 g/mol. The molecule has 1 amide bonds. The first-order valence-electron chi connectivity index (χ1n) is 5.96. The lowest BCUT2D eigenvalue weighted by molar-refractivity contribution is -0.123. The van der Waals surface area contributed by atoms with Gasteiger partial charge in [-0.15, -0.1) is 12.4 Å². The molecular formula is C13H18Cl2N2O. The van der Waals surface area contributed by atoms with E-state index in [9.17, 15) is 4.79 Å². The lowest BCUT2D eigenvalue weighted by atomic mass is 10.1. The van der Waals surface area contributed by atoms with Crippen LogP contribution in [0.25, 0.3) is 0 Å². The van der Waals surface area contributed by atoms with Gasteiger partial charge in [0.1, 0.15) is 0 Å².